The van der Waals surface area contributed by atoms with Crippen LogP contribution in [0.5, 0.6) is 0 Å². The molecule has 0 aliphatic heterocycles. The van der Waals surface area contributed by atoms with E-state index in [4.69, 9.17) is 5.84 Å². The number of carbonyl (C=O) groups is 1. The van der Waals surface area contributed by atoms with E-state index < -0.39 is 0 Å². The fourth-order valence-electron chi connectivity index (χ4n) is 1.83. The molecule has 7 nitrogen and oxygen atoms in total. The Hall–Kier alpha value is -2.06. The highest BCUT2D eigenvalue weighted by atomic mass is 32.2. The number of nitrogen functional groups attached to an aromatic ring is 1. The fourth-order valence-corrected chi connectivity index (χ4v) is 2.86. The van der Waals surface area contributed by atoms with E-state index in [1.165, 1.54) is 11.8 Å². The van der Waals surface area contributed by atoms with Crippen LogP contribution in [0.1, 0.15) is 35.8 Å². The van der Waals surface area contributed by atoms with Crippen molar-refractivity contribution in [2.24, 2.45) is 5.84 Å². The van der Waals surface area contributed by atoms with Crippen molar-refractivity contribution < 1.29 is 4.79 Å². The molecule has 21 heavy (non-hydrogen) atoms. The van der Waals surface area contributed by atoms with Gasteiger partial charge in [-0.3, -0.25) is 14.8 Å². The van der Waals surface area contributed by atoms with Gasteiger partial charge in [-0.25, -0.2) is 15.7 Å². The zero-order valence-corrected chi connectivity index (χ0v) is 12.6. The van der Waals surface area contributed by atoms with Gasteiger partial charge in [-0.2, -0.15) is 0 Å². The summed E-state index contributed by atoms with van der Waals surface area (Å²) in [6.07, 6.45) is 0. The third-order valence-electron chi connectivity index (χ3n) is 2.90. The van der Waals surface area contributed by atoms with Crippen LogP contribution in [0.15, 0.2) is 34.2 Å². The zero-order valence-electron chi connectivity index (χ0n) is 11.8. The summed E-state index contributed by atoms with van der Waals surface area (Å²) in [5.74, 6) is 5.41. The summed E-state index contributed by atoms with van der Waals surface area (Å²) in [6, 6.07) is 7.16. The normalized spacial score (nSPS) is 10.9. The van der Waals surface area contributed by atoms with Gasteiger partial charge < -0.3 is 0 Å². The van der Waals surface area contributed by atoms with E-state index >= 15 is 0 Å². The van der Waals surface area contributed by atoms with Crippen molar-refractivity contribution in [3.05, 3.63) is 45.9 Å². The van der Waals surface area contributed by atoms with Gasteiger partial charge in [0.2, 0.25) is 0 Å². The largest absolute Gasteiger partial charge is 0.344 e. The molecule has 2 aromatic rings. The number of hydrogen-bond acceptors (Lipinski definition) is 5. The number of carbonyl (C=O) groups excluding carboxylic acids is 1. The van der Waals surface area contributed by atoms with Crippen LogP contribution in [0.25, 0.3) is 0 Å². The minimum atomic E-state index is -0.324. The lowest BCUT2D eigenvalue weighted by Gasteiger charge is -2.08. The Balaban J connectivity index is 2.07. The molecule has 0 fully saturated rings. The van der Waals surface area contributed by atoms with Crippen LogP contribution in [0.2, 0.25) is 0 Å². The molecule has 0 unspecified atom stereocenters. The van der Waals surface area contributed by atoms with Crippen molar-refractivity contribution in [3.8, 4) is 0 Å². The summed E-state index contributed by atoms with van der Waals surface area (Å²) in [5, 5.41) is 7.13. The van der Waals surface area contributed by atoms with Gasteiger partial charge in [0.1, 0.15) is 0 Å². The van der Waals surface area contributed by atoms with Gasteiger partial charge in [-0.1, -0.05) is 23.9 Å². The number of H-pyrrole nitrogens is 1. The van der Waals surface area contributed by atoms with E-state index in [1.54, 1.807) is 16.7 Å². The fraction of sp³-hybridized carbons (Fsp3) is 0.308. The van der Waals surface area contributed by atoms with Crippen molar-refractivity contribution in [3.63, 3.8) is 0 Å². The summed E-state index contributed by atoms with van der Waals surface area (Å²) in [7, 11) is 0. The number of nitrogens with zero attached hydrogens (tertiary/aromatic N) is 2. The van der Waals surface area contributed by atoms with E-state index in [0.29, 0.717) is 16.5 Å². The van der Waals surface area contributed by atoms with Gasteiger partial charge in [-0.15, -0.1) is 5.10 Å². The first kappa shape index (κ1) is 15.3. The molecule has 0 bridgehead atoms. The number of aromatic nitrogens is 3. The third kappa shape index (κ3) is 3.53. The predicted molar refractivity (Wildman–Crippen MR) is 80.9 cm³/mol. The van der Waals surface area contributed by atoms with E-state index in [2.05, 4.69) is 15.6 Å². The van der Waals surface area contributed by atoms with Crippen LogP contribution >= 0.6 is 11.8 Å². The average molecular weight is 307 g/mol. The maximum Gasteiger partial charge on any atom is 0.344 e. The first-order valence-corrected chi connectivity index (χ1v) is 7.41. The highest BCUT2D eigenvalue weighted by Crippen LogP contribution is 2.21. The number of hydrogen-bond donors (Lipinski definition) is 3. The van der Waals surface area contributed by atoms with Crippen molar-refractivity contribution in [2.45, 2.75) is 30.8 Å². The quantitative estimate of drug-likeness (QED) is 0.331. The predicted octanol–water partition coefficient (Wildman–Crippen LogP) is 1.05. The highest BCUT2D eigenvalue weighted by molar-refractivity contribution is 7.98. The summed E-state index contributed by atoms with van der Waals surface area (Å²) < 4.78 is 1.61. The number of thioether (sulfide) groups is 1. The van der Waals surface area contributed by atoms with Gasteiger partial charge in [0.05, 0.1) is 0 Å². The van der Waals surface area contributed by atoms with Crippen LogP contribution in [0.3, 0.4) is 0 Å². The van der Waals surface area contributed by atoms with Crippen LogP contribution in [0.4, 0.5) is 0 Å². The molecule has 0 aliphatic carbocycles. The number of aromatic amines is 1. The summed E-state index contributed by atoms with van der Waals surface area (Å²) in [5.41, 5.74) is 3.41. The van der Waals surface area contributed by atoms with Gasteiger partial charge in [0.25, 0.3) is 5.91 Å². The van der Waals surface area contributed by atoms with Gasteiger partial charge in [0, 0.05) is 17.4 Å². The van der Waals surface area contributed by atoms with Crippen molar-refractivity contribution in [2.75, 3.05) is 0 Å². The summed E-state index contributed by atoms with van der Waals surface area (Å²) in [6.45, 7) is 3.86. The van der Waals surface area contributed by atoms with E-state index in [-0.39, 0.29) is 17.6 Å². The number of nitrogens with two attached hydrogens (primary N) is 1. The van der Waals surface area contributed by atoms with E-state index in [9.17, 15) is 9.59 Å². The van der Waals surface area contributed by atoms with Crippen LogP contribution < -0.4 is 17.0 Å². The SMILES string of the molecule is CC(C)n1c(SCc2ccc(C(=O)NN)cc2)n[nH]c1=O. The number of rotatable bonds is 5. The molecule has 112 valence electrons. The van der Waals surface area contributed by atoms with Crippen molar-refractivity contribution in [1.29, 1.82) is 0 Å². The molecule has 0 saturated heterocycles. The monoisotopic (exact) mass is 307 g/mol. The molecule has 0 radical (unpaired) electrons. The van der Waals surface area contributed by atoms with Gasteiger partial charge >= 0.3 is 5.69 Å². The lowest BCUT2D eigenvalue weighted by molar-refractivity contribution is 0.0953. The molecule has 0 spiro atoms. The Morgan fingerprint density at radius 3 is 2.67 bits per heavy atom. The molecule has 8 heteroatoms. The number of hydrazine groups is 1. The molecule has 0 aliphatic rings. The highest BCUT2D eigenvalue weighted by Gasteiger charge is 2.12. The minimum Gasteiger partial charge on any atom is -0.290 e. The molecule has 0 atom stereocenters. The second-order valence-electron chi connectivity index (χ2n) is 4.73. The third-order valence-corrected chi connectivity index (χ3v) is 3.93. The maximum absolute atomic E-state index is 11.6. The Morgan fingerprint density at radius 1 is 1.43 bits per heavy atom. The number of nitrogens with one attached hydrogen (secondary N) is 2. The molecule has 1 aromatic heterocycles. The molecule has 1 heterocycles. The van der Waals surface area contributed by atoms with Crippen molar-refractivity contribution in [1.82, 2.24) is 20.2 Å². The Morgan fingerprint density at radius 2 is 2.10 bits per heavy atom. The topological polar surface area (TPSA) is 106 Å². The Bertz CT molecular complexity index is 675. The molecule has 4 N–H and O–H groups in total. The lowest BCUT2D eigenvalue weighted by atomic mass is 10.1. The lowest BCUT2D eigenvalue weighted by Crippen LogP contribution is -2.29. The molecule has 2 rings (SSSR count). The van der Waals surface area contributed by atoms with Gasteiger partial charge in [-0.05, 0) is 31.5 Å². The van der Waals surface area contributed by atoms with Crippen molar-refractivity contribution >= 4 is 17.7 Å². The average Bonchev–Trinajstić information content (AvgIpc) is 2.86. The standard InChI is InChI=1S/C13H17N5O2S/c1-8(2)18-12(20)16-17-13(18)21-7-9-3-5-10(6-4-9)11(19)15-14/h3-6,8H,7,14H2,1-2H3,(H,15,19)(H,16,20). The van der Waals surface area contributed by atoms with E-state index in [1.807, 2.05) is 26.0 Å². The number of amides is 1. The van der Waals surface area contributed by atoms with E-state index in [0.717, 1.165) is 5.56 Å². The Labute approximate surface area is 125 Å². The first-order chi connectivity index (χ1) is 10.0. The second-order valence-corrected chi connectivity index (χ2v) is 5.68. The van der Waals surface area contributed by atoms with Crippen LogP contribution in [-0.4, -0.2) is 20.7 Å². The summed E-state index contributed by atoms with van der Waals surface area (Å²) >= 11 is 1.46. The molecule has 0 saturated carbocycles. The number of benzene rings is 1. The molecule has 1 aromatic carbocycles. The van der Waals surface area contributed by atoms with Crippen LogP contribution in [0, 0.1) is 0 Å². The Kier molecular flexibility index (Phi) is 4.81. The van der Waals surface area contributed by atoms with Crippen LogP contribution in [-0.2, 0) is 5.75 Å². The van der Waals surface area contributed by atoms with Gasteiger partial charge in [0.15, 0.2) is 5.16 Å². The smallest absolute Gasteiger partial charge is 0.290 e. The minimum absolute atomic E-state index is 0.0503. The zero-order chi connectivity index (χ0) is 15.4. The molecular weight excluding hydrogens is 290 g/mol. The summed E-state index contributed by atoms with van der Waals surface area (Å²) in [4.78, 5) is 23.0. The maximum atomic E-state index is 11.6. The second kappa shape index (κ2) is 6.59. The molecule has 1 amide bonds. The first-order valence-electron chi connectivity index (χ1n) is 6.42. The molecular formula is C13H17N5O2S.